The quantitative estimate of drug-likeness (QED) is 0.647. The second-order valence-electron chi connectivity index (χ2n) is 6.72. The molecule has 14 heavy (non-hydrogen) atoms. The van der Waals surface area contributed by atoms with Crippen molar-refractivity contribution < 1.29 is 4.74 Å². The highest BCUT2D eigenvalue weighted by molar-refractivity contribution is 5.30. The second-order valence-corrected chi connectivity index (χ2v) is 6.72. The van der Waals surface area contributed by atoms with Crippen LogP contribution in [0.1, 0.15) is 48.0 Å². The van der Waals surface area contributed by atoms with Crippen molar-refractivity contribution >= 4 is 0 Å². The van der Waals surface area contributed by atoms with E-state index < -0.39 is 0 Å². The van der Waals surface area contributed by atoms with Gasteiger partial charge in [-0.05, 0) is 39.5 Å². The molecule has 0 bridgehead atoms. The van der Waals surface area contributed by atoms with Crippen molar-refractivity contribution in [2.45, 2.75) is 65.2 Å². The molecule has 1 heterocycles. The van der Waals surface area contributed by atoms with Crippen LogP contribution in [0.2, 0.25) is 0 Å². The molecule has 2 rings (SSSR count). The summed E-state index contributed by atoms with van der Waals surface area (Å²) in [4.78, 5) is 0. The van der Waals surface area contributed by atoms with Crippen LogP contribution >= 0.6 is 0 Å². The predicted octanol–water partition coefficient (Wildman–Crippen LogP) is 2.32. The van der Waals surface area contributed by atoms with E-state index in [-0.39, 0.29) is 28.1 Å². The van der Waals surface area contributed by atoms with E-state index in [1.165, 1.54) is 0 Å². The molecule has 1 spiro atoms. The smallest absolute Gasteiger partial charge is 0.0711 e. The molecule has 0 aromatic rings. The van der Waals surface area contributed by atoms with E-state index >= 15 is 0 Å². The Bertz CT molecular complexity index is 280. The molecule has 2 aliphatic rings. The normalized spacial score (nSPS) is 46.9. The molecule has 0 aromatic carbocycles. The van der Waals surface area contributed by atoms with Crippen molar-refractivity contribution in [2.24, 2.45) is 16.6 Å². The van der Waals surface area contributed by atoms with E-state index in [2.05, 4.69) is 41.5 Å². The Kier molecular flexibility index (Phi) is 1.64. The third-order valence-corrected chi connectivity index (χ3v) is 4.69. The van der Waals surface area contributed by atoms with Crippen molar-refractivity contribution in [3.63, 3.8) is 0 Å². The molecule has 0 aromatic heterocycles. The maximum atomic E-state index is 6.26. The van der Waals surface area contributed by atoms with Gasteiger partial charge < -0.3 is 10.5 Å². The molecule has 82 valence electrons. The number of ether oxygens (including phenoxy) is 1. The van der Waals surface area contributed by atoms with E-state index in [4.69, 9.17) is 10.5 Å². The predicted molar refractivity (Wildman–Crippen MR) is 58.0 cm³/mol. The number of nitrogens with two attached hydrogens (primary N) is 1. The van der Waals surface area contributed by atoms with Crippen molar-refractivity contribution in [3.8, 4) is 0 Å². The molecule has 0 radical (unpaired) electrons. The lowest BCUT2D eigenvalue weighted by molar-refractivity contribution is -0.0824. The first kappa shape index (κ1) is 10.4. The van der Waals surface area contributed by atoms with Crippen molar-refractivity contribution in [1.82, 2.24) is 0 Å². The largest absolute Gasteiger partial charge is 0.369 e. The van der Waals surface area contributed by atoms with Crippen LogP contribution < -0.4 is 5.73 Å². The van der Waals surface area contributed by atoms with Gasteiger partial charge in [-0.2, -0.15) is 0 Å². The molecule has 1 saturated carbocycles. The minimum absolute atomic E-state index is 0.0190. The highest BCUT2D eigenvalue weighted by atomic mass is 16.5. The van der Waals surface area contributed by atoms with E-state index in [1.54, 1.807) is 0 Å². The topological polar surface area (TPSA) is 35.2 Å². The van der Waals surface area contributed by atoms with Gasteiger partial charge in [0.1, 0.15) is 0 Å². The van der Waals surface area contributed by atoms with Gasteiger partial charge in [-0.1, -0.05) is 13.8 Å². The van der Waals surface area contributed by atoms with Crippen LogP contribution in [0.3, 0.4) is 0 Å². The van der Waals surface area contributed by atoms with Crippen molar-refractivity contribution in [2.75, 3.05) is 0 Å². The average molecular weight is 197 g/mol. The standard InChI is InChI=1S/C12H23NO/c1-9(2)7-12(11(5,6)14-9)8(13)10(12,3)4/h8H,7,13H2,1-6H3. The van der Waals surface area contributed by atoms with Crippen LogP contribution in [0.5, 0.6) is 0 Å². The molecule has 2 unspecified atom stereocenters. The Labute approximate surface area is 87.2 Å². The molecule has 2 atom stereocenters. The monoisotopic (exact) mass is 197 g/mol. The zero-order valence-corrected chi connectivity index (χ0v) is 10.3. The summed E-state index contributed by atoms with van der Waals surface area (Å²) in [5, 5.41) is 0. The van der Waals surface area contributed by atoms with Gasteiger partial charge in [0.25, 0.3) is 0 Å². The molecular weight excluding hydrogens is 174 g/mol. The Balaban J connectivity index is 2.40. The minimum Gasteiger partial charge on any atom is -0.369 e. The van der Waals surface area contributed by atoms with E-state index in [0.717, 1.165) is 6.42 Å². The Hall–Kier alpha value is -0.0800. The fraction of sp³-hybridized carbons (Fsp3) is 1.00. The highest BCUT2D eigenvalue weighted by Gasteiger charge is 2.79. The summed E-state index contributed by atoms with van der Waals surface area (Å²) in [5.41, 5.74) is 6.56. The molecular formula is C12H23NO. The van der Waals surface area contributed by atoms with Crippen LogP contribution in [-0.2, 0) is 4.74 Å². The van der Waals surface area contributed by atoms with E-state index in [0.29, 0.717) is 0 Å². The third-order valence-electron chi connectivity index (χ3n) is 4.69. The first-order chi connectivity index (χ1) is 6.07. The lowest BCUT2D eigenvalue weighted by Crippen LogP contribution is -2.35. The minimum atomic E-state index is -0.0839. The van der Waals surface area contributed by atoms with Gasteiger partial charge in [0.05, 0.1) is 11.2 Å². The van der Waals surface area contributed by atoms with Gasteiger partial charge >= 0.3 is 0 Å². The molecule has 0 amide bonds. The Morgan fingerprint density at radius 1 is 1.07 bits per heavy atom. The van der Waals surface area contributed by atoms with Crippen LogP contribution in [0, 0.1) is 10.8 Å². The van der Waals surface area contributed by atoms with E-state index in [9.17, 15) is 0 Å². The summed E-state index contributed by atoms with van der Waals surface area (Å²) < 4.78 is 6.14. The van der Waals surface area contributed by atoms with Gasteiger partial charge in [0.2, 0.25) is 0 Å². The van der Waals surface area contributed by atoms with Crippen LogP contribution in [0.4, 0.5) is 0 Å². The highest BCUT2D eigenvalue weighted by Crippen LogP contribution is 2.75. The summed E-state index contributed by atoms with van der Waals surface area (Å²) in [6.45, 7) is 13.3. The molecule has 2 heteroatoms. The second kappa shape index (κ2) is 2.19. The molecule has 1 aliphatic carbocycles. The third kappa shape index (κ3) is 0.892. The van der Waals surface area contributed by atoms with Gasteiger partial charge in [0.15, 0.2) is 0 Å². The number of hydrogen-bond donors (Lipinski definition) is 1. The molecule has 1 aliphatic heterocycles. The van der Waals surface area contributed by atoms with Gasteiger partial charge in [-0.3, -0.25) is 0 Å². The van der Waals surface area contributed by atoms with Crippen molar-refractivity contribution in [3.05, 3.63) is 0 Å². The number of rotatable bonds is 0. The fourth-order valence-corrected chi connectivity index (χ4v) is 4.09. The maximum Gasteiger partial charge on any atom is 0.0711 e. The molecule has 1 saturated heterocycles. The Morgan fingerprint density at radius 3 is 1.64 bits per heavy atom. The summed E-state index contributed by atoms with van der Waals surface area (Å²) >= 11 is 0. The van der Waals surface area contributed by atoms with Gasteiger partial charge in [-0.25, -0.2) is 0 Å². The van der Waals surface area contributed by atoms with Gasteiger partial charge in [0, 0.05) is 11.5 Å². The maximum absolute atomic E-state index is 6.26. The SMILES string of the molecule is CC1(C)CC2(C(N)C2(C)C)C(C)(C)O1. The molecule has 2 fully saturated rings. The Morgan fingerprint density at radius 2 is 1.50 bits per heavy atom. The zero-order valence-electron chi connectivity index (χ0n) is 10.3. The summed E-state index contributed by atoms with van der Waals surface area (Å²) in [6, 6.07) is 0.284. The molecule has 2 N–H and O–H groups in total. The average Bonchev–Trinajstić information content (AvgIpc) is 2.31. The van der Waals surface area contributed by atoms with Crippen LogP contribution in [0.25, 0.3) is 0 Å². The zero-order chi connectivity index (χ0) is 11.0. The first-order valence-electron chi connectivity index (χ1n) is 5.53. The van der Waals surface area contributed by atoms with Crippen molar-refractivity contribution in [1.29, 1.82) is 0 Å². The summed E-state index contributed by atoms with van der Waals surface area (Å²) in [5.74, 6) is 0. The molecule has 2 nitrogen and oxygen atoms in total. The summed E-state index contributed by atoms with van der Waals surface area (Å²) in [6.07, 6.45) is 1.08. The lowest BCUT2D eigenvalue weighted by atomic mass is 9.78. The first-order valence-corrected chi connectivity index (χ1v) is 5.53. The fourth-order valence-electron chi connectivity index (χ4n) is 4.09. The lowest BCUT2D eigenvalue weighted by Gasteiger charge is -2.29. The summed E-state index contributed by atoms with van der Waals surface area (Å²) in [7, 11) is 0. The number of hydrogen-bond acceptors (Lipinski definition) is 2. The van der Waals surface area contributed by atoms with Gasteiger partial charge in [-0.15, -0.1) is 0 Å². The van der Waals surface area contributed by atoms with Crippen LogP contribution in [-0.4, -0.2) is 17.2 Å². The van der Waals surface area contributed by atoms with Crippen LogP contribution in [0.15, 0.2) is 0 Å². The van der Waals surface area contributed by atoms with E-state index in [1.807, 2.05) is 0 Å².